The molecule has 0 aromatic heterocycles. The first-order valence-corrected chi connectivity index (χ1v) is 12.2. The average Bonchev–Trinajstić information content (AvgIpc) is 2.77. The van der Waals surface area contributed by atoms with Gasteiger partial charge in [-0.05, 0) is 81.6 Å². The minimum atomic E-state index is -2.38. The lowest BCUT2D eigenvalue weighted by atomic mass is 9.31. The topological polar surface area (TPSA) is 127 Å². The van der Waals surface area contributed by atoms with Gasteiger partial charge in [0.15, 0.2) is 22.6 Å². The predicted octanol–water partition coefficient (Wildman–Crippen LogP) is 2.78. The predicted molar refractivity (Wildman–Crippen MR) is 127 cm³/mol. The van der Waals surface area contributed by atoms with Gasteiger partial charge in [-0.3, -0.25) is 19.2 Å². The van der Waals surface area contributed by atoms with Crippen LogP contribution in [-0.4, -0.2) is 59.1 Å². The Morgan fingerprint density at radius 1 is 1.09 bits per heavy atom. The summed E-state index contributed by atoms with van der Waals surface area (Å²) in [5.74, 6) is -3.60. The van der Waals surface area contributed by atoms with Gasteiger partial charge in [-0.25, -0.2) is 0 Å². The summed E-state index contributed by atoms with van der Waals surface area (Å²) in [5.41, 5.74) is -8.52. The van der Waals surface area contributed by atoms with E-state index in [2.05, 4.69) is 6.58 Å². The van der Waals surface area contributed by atoms with E-state index in [1.165, 1.54) is 14.2 Å². The van der Waals surface area contributed by atoms with Crippen molar-refractivity contribution in [1.29, 1.82) is 0 Å². The third kappa shape index (κ3) is 3.24. The van der Waals surface area contributed by atoms with E-state index in [9.17, 15) is 29.4 Å². The van der Waals surface area contributed by atoms with Crippen molar-refractivity contribution < 1.29 is 38.9 Å². The monoisotopic (exact) mass is 492 g/mol. The van der Waals surface area contributed by atoms with E-state index in [1.807, 2.05) is 13.8 Å². The Hall–Kier alpha value is -2.06. The quantitative estimate of drug-likeness (QED) is 0.341. The molecule has 2 bridgehead atoms. The molecule has 0 aromatic carbocycles. The van der Waals surface area contributed by atoms with Crippen LogP contribution >= 0.6 is 0 Å². The summed E-state index contributed by atoms with van der Waals surface area (Å²) in [4.78, 5) is 53.5. The number of carbonyl (C=O) groups excluding carboxylic acids is 4. The third-order valence-electron chi connectivity index (χ3n) is 10.1. The molecule has 35 heavy (non-hydrogen) atoms. The zero-order valence-corrected chi connectivity index (χ0v) is 22.2. The minimum Gasteiger partial charge on any atom is -0.469 e. The van der Waals surface area contributed by atoms with E-state index >= 15 is 0 Å². The molecule has 0 saturated heterocycles. The van der Waals surface area contributed by atoms with E-state index in [4.69, 9.17) is 9.47 Å². The molecule has 0 amide bonds. The van der Waals surface area contributed by atoms with Crippen LogP contribution in [-0.2, 0) is 28.7 Å². The standard InChI is InChI=1S/C27H40O8/c1-15-24(5)14-17-23(4,12-11-18(28)34-8)16(22(2,3)32)10-13-25(17,6)27(15,21(31)35-9)20(30)26(7,33)19(24)29/h16-17,32-33H,1,10-14H2,2-9H3/t16-,17+,23-,24-,25+,26+,27+/m1/s1. The van der Waals surface area contributed by atoms with Crippen LogP contribution in [0.2, 0.25) is 0 Å². The number of rotatable bonds is 5. The molecule has 0 unspecified atom stereocenters. The van der Waals surface area contributed by atoms with Crippen LogP contribution in [0.4, 0.5) is 0 Å². The maximum absolute atomic E-state index is 14.0. The first-order chi connectivity index (χ1) is 15.8. The second-order valence-corrected chi connectivity index (χ2v) is 12.3. The third-order valence-corrected chi connectivity index (χ3v) is 10.1. The van der Waals surface area contributed by atoms with Crippen molar-refractivity contribution in [3.05, 3.63) is 12.2 Å². The second kappa shape index (κ2) is 7.97. The lowest BCUT2D eigenvalue weighted by Gasteiger charge is -2.70. The molecule has 0 radical (unpaired) electrons. The smallest absolute Gasteiger partial charge is 0.324 e. The molecule has 0 aliphatic heterocycles. The van der Waals surface area contributed by atoms with Crippen molar-refractivity contribution in [3.8, 4) is 0 Å². The maximum Gasteiger partial charge on any atom is 0.324 e. The molecule has 3 rings (SSSR count). The van der Waals surface area contributed by atoms with Crippen LogP contribution in [0.3, 0.4) is 0 Å². The normalized spacial score (nSPS) is 43.4. The van der Waals surface area contributed by atoms with Crippen LogP contribution in [0.5, 0.6) is 0 Å². The molecule has 2 N–H and O–H groups in total. The largest absolute Gasteiger partial charge is 0.469 e. The Morgan fingerprint density at radius 3 is 2.14 bits per heavy atom. The average molecular weight is 493 g/mol. The van der Waals surface area contributed by atoms with Gasteiger partial charge in [0.25, 0.3) is 0 Å². The van der Waals surface area contributed by atoms with Gasteiger partial charge in [0.1, 0.15) is 0 Å². The van der Waals surface area contributed by atoms with Crippen LogP contribution in [0.15, 0.2) is 12.2 Å². The molecular weight excluding hydrogens is 452 g/mol. The summed E-state index contributed by atoms with van der Waals surface area (Å²) in [6, 6.07) is 0. The number of hydrogen-bond acceptors (Lipinski definition) is 8. The summed E-state index contributed by atoms with van der Waals surface area (Å²) in [7, 11) is 2.50. The van der Waals surface area contributed by atoms with Gasteiger partial charge < -0.3 is 19.7 Å². The number of methoxy groups -OCH3 is 2. The summed E-state index contributed by atoms with van der Waals surface area (Å²) in [5, 5.41) is 22.4. The first-order valence-electron chi connectivity index (χ1n) is 12.2. The molecule has 0 heterocycles. The molecule has 8 heteroatoms. The van der Waals surface area contributed by atoms with Crippen LogP contribution in [0.1, 0.15) is 73.6 Å². The minimum absolute atomic E-state index is 0.0780. The lowest BCUT2D eigenvalue weighted by molar-refractivity contribution is -0.223. The SMILES string of the molecule is C=C1[C@@]2(C)C[C@H]3[C@](C)(CCC(=O)OC)[C@@H](C(C)(C)O)CC[C@]3(C)[C@]1(C(=O)OC)C(=O)[C@@](C)(O)C2=O. The van der Waals surface area contributed by atoms with Crippen molar-refractivity contribution in [3.63, 3.8) is 0 Å². The molecule has 7 atom stereocenters. The number of Topliss-reactive ketones (excluding diaryl/α,β-unsaturated/α-hetero) is 2. The second-order valence-electron chi connectivity index (χ2n) is 12.3. The highest BCUT2D eigenvalue weighted by atomic mass is 16.5. The molecule has 3 fully saturated rings. The zero-order chi connectivity index (χ0) is 27.0. The van der Waals surface area contributed by atoms with Gasteiger partial charge in [0.05, 0.1) is 25.2 Å². The molecular formula is C27H40O8. The number of fused-ring (bicyclic) bond motifs is 4. The molecule has 8 nitrogen and oxygen atoms in total. The van der Waals surface area contributed by atoms with Gasteiger partial charge in [0, 0.05) is 6.42 Å². The van der Waals surface area contributed by atoms with Crippen molar-refractivity contribution >= 4 is 23.5 Å². The highest BCUT2D eigenvalue weighted by Gasteiger charge is 2.80. The Kier molecular flexibility index (Phi) is 6.27. The fraction of sp³-hybridized carbons (Fsp3) is 0.778. The lowest BCUT2D eigenvalue weighted by Crippen LogP contribution is -2.77. The van der Waals surface area contributed by atoms with Gasteiger partial charge >= 0.3 is 11.9 Å². The Balaban J connectivity index is 2.37. The number of ether oxygens (including phenoxy) is 2. The number of esters is 2. The van der Waals surface area contributed by atoms with E-state index < -0.39 is 62.3 Å². The number of ketones is 2. The molecule has 3 aliphatic rings. The molecule has 3 saturated carbocycles. The van der Waals surface area contributed by atoms with E-state index in [-0.39, 0.29) is 24.3 Å². The summed E-state index contributed by atoms with van der Waals surface area (Å²) in [6.07, 6.45) is 1.44. The summed E-state index contributed by atoms with van der Waals surface area (Å²) in [6.45, 7) is 14.2. The van der Waals surface area contributed by atoms with Crippen molar-refractivity contribution in [1.82, 2.24) is 0 Å². The van der Waals surface area contributed by atoms with Gasteiger partial charge in [0.2, 0.25) is 0 Å². The van der Waals surface area contributed by atoms with Gasteiger partial charge in [-0.15, -0.1) is 0 Å². The fourth-order valence-corrected chi connectivity index (χ4v) is 8.33. The molecule has 0 aromatic rings. The Morgan fingerprint density at radius 2 is 1.66 bits per heavy atom. The van der Waals surface area contributed by atoms with E-state index in [1.54, 1.807) is 20.8 Å². The molecule has 3 aliphatic carbocycles. The van der Waals surface area contributed by atoms with Gasteiger partial charge in [-0.1, -0.05) is 20.4 Å². The van der Waals surface area contributed by atoms with Crippen LogP contribution in [0.25, 0.3) is 0 Å². The first kappa shape index (κ1) is 27.5. The highest BCUT2D eigenvalue weighted by Crippen LogP contribution is 2.75. The number of aliphatic hydroxyl groups is 2. The Labute approximate surface area is 207 Å². The van der Waals surface area contributed by atoms with Crippen molar-refractivity contribution in [2.24, 2.45) is 33.5 Å². The molecule has 0 spiro atoms. The maximum atomic E-state index is 14.0. The summed E-state index contributed by atoms with van der Waals surface area (Å²) >= 11 is 0. The Bertz CT molecular complexity index is 980. The van der Waals surface area contributed by atoms with Crippen molar-refractivity contribution in [2.45, 2.75) is 84.8 Å². The van der Waals surface area contributed by atoms with Crippen LogP contribution in [0, 0.1) is 33.5 Å². The zero-order valence-electron chi connectivity index (χ0n) is 22.2. The molecule has 196 valence electrons. The van der Waals surface area contributed by atoms with E-state index in [0.29, 0.717) is 19.3 Å². The fourth-order valence-electron chi connectivity index (χ4n) is 8.33. The summed E-state index contributed by atoms with van der Waals surface area (Å²) < 4.78 is 10.1. The van der Waals surface area contributed by atoms with E-state index in [0.717, 1.165) is 6.92 Å². The van der Waals surface area contributed by atoms with Crippen molar-refractivity contribution in [2.75, 3.05) is 14.2 Å². The number of hydrogen-bond donors (Lipinski definition) is 2. The van der Waals surface area contributed by atoms with Gasteiger partial charge in [-0.2, -0.15) is 0 Å². The van der Waals surface area contributed by atoms with Crippen LogP contribution < -0.4 is 0 Å². The highest BCUT2D eigenvalue weighted by molar-refractivity contribution is 6.26. The number of carbonyl (C=O) groups is 4.